The molecule has 0 atom stereocenters. The molecular weight excluding hydrogens is 292 g/mol. The van der Waals surface area contributed by atoms with Crippen LogP contribution in [0.2, 0.25) is 0 Å². The van der Waals surface area contributed by atoms with Gasteiger partial charge in [0.15, 0.2) is 0 Å². The summed E-state index contributed by atoms with van der Waals surface area (Å²) >= 11 is 0. The second-order valence-corrected chi connectivity index (χ2v) is 5.55. The van der Waals surface area contributed by atoms with Crippen LogP contribution in [0.1, 0.15) is 44.9 Å². The normalized spacial score (nSPS) is 11.8. The molecule has 0 aliphatic carbocycles. The molecule has 5 heteroatoms. The Balaban J connectivity index is 2.76. The van der Waals surface area contributed by atoms with Gasteiger partial charge in [-0.1, -0.05) is 37.2 Å². The van der Waals surface area contributed by atoms with E-state index in [2.05, 4.69) is 5.16 Å². The maximum absolute atomic E-state index is 13.0. The van der Waals surface area contributed by atoms with Crippen LogP contribution in [0.5, 0.6) is 5.75 Å². The molecule has 0 saturated carbocycles. The fourth-order valence-corrected chi connectivity index (χ4v) is 2.43. The molecule has 0 amide bonds. The molecule has 0 aliphatic heterocycles. The molecule has 122 valence electrons. The Kier molecular flexibility index (Phi) is 5.21. The Morgan fingerprint density at radius 1 is 1.30 bits per heavy atom. The third-order valence-electron chi connectivity index (χ3n) is 3.51. The molecule has 1 aromatic heterocycles. The lowest BCUT2D eigenvalue weighted by atomic mass is 10.0. The first-order valence-corrected chi connectivity index (χ1v) is 7.68. The molecule has 0 fully saturated rings. The summed E-state index contributed by atoms with van der Waals surface area (Å²) in [5.41, 5.74) is 1.71. The van der Waals surface area contributed by atoms with Crippen molar-refractivity contribution >= 4 is 5.71 Å². The SMILES string of the molecule is CCO/N=C(\C)c1c(O)cc(C(C)C)n(-c2ccccc2)c1=O. The van der Waals surface area contributed by atoms with Crippen LogP contribution in [-0.2, 0) is 4.84 Å². The zero-order valence-electron chi connectivity index (χ0n) is 13.9. The van der Waals surface area contributed by atoms with Crippen molar-refractivity contribution in [3.63, 3.8) is 0 Å². The molecule has 0 unspecified atom stereocenters. The molecule has 0 radical (unpaired) electrons. The number of oxime groups is 1. The summed E-state index contributed by atoms with van der Waals surface area (Å²) in [5.74, 6) is -0.00109. The average Bonchev–Trinajstić information content (AvgIpc) is 2.53. The number of hydrogen-bond donors (Lipinski definition) is 1. The molecule has 0 bridgehead atoms. The van der Waals surface area contributed by atoms with E-state index in [1.54, 1.807) is 24.5 Å². The van der Waals surface area contributed by atoms with Crippen molar-refractivity contribution < 1.29 is 9.94 Å². The topological polar surface area (TPSA) is 63.8 Å². The number of hydrogen-bond acceptors (Lipinski definition) is 4. The van der Waals surface area contributed by atoms with Gasteiger partial charge in [0.2, 0.25) is 0 Å². The highest BCUT2D eigenvalue weighted by molar-refractivity contribution is 6.00. The first kappa shape index (κ1) is 16.8. The molecule has 1 N–H and O–H groups in total. The van der Waals surface area contributed by atoms with Crippen molar-refractivity contribution in [2.45, 2.75) is 33.6 Å². The van der Waals surface area contributed by atoms with E-state index in [9.17, 15) is 9.90 Å². The second-order valence-electron chi connectivity index (χ2n) is 5.55. The predicted molar refractivity (Wildman–Crippen MR) is 91.6 cm³/mol. The van der Waals surface area contributed by atoms with Gasteiger partial charge in [-0.15, -0.1) is 0 Å². The molecule has 1 aromatic carbocycles. The summed E-state index contributed by atoms with van der Waals surface area (Å²) in [5, 5.41) is 14.2. The van der Waals surface area contributed by atoms with Crippen LogP contribution in [-0.4, -0.2) is 22.0 Å². The summed E-state index contributed by atoms with van der Waals surface area (Å²) < 4.78 is 1.62. The number of pyridine rings is 1. The molecule has 23 heavy (non-hydrogen) atoms. The number of aromatic nitrogens is 1. The molecule has 2 rings (SSSR count). The summed E-state index contributed by atoms with van der Waals surface area (Å²) in [4.78, 5) is 18.0. The van der Waals surface area contributed by atoms with E-state index in [4.69, 9.17) is 4.84 Å². The molecular formula is C18H22N2O3. The summed E-state index contributed by atoms with van der Waals surface area (Å²) in [7, 11) is 0. The van der Waals surface area contributed by atoms with Crippen LogP contribution < -0.4 is 5.56 Å². The number of benzene rings is 1. The van der Waals surface area contributed by atoms with E-state index in [-0.39, 0.29) is 22.8 Å². The lowest BCUT2D eigenvalue weighted by Gasteiger charge is -2.18. The smallest absolute Gasteiger partial charge is 0.268 e. The summed E-state index contributed by atoms with van der Waals surface area (Å²) in [6, 6.07) is 11.0. The van der Waals surface area contributed by atoms with E-state index < -0.39 is 0 Å². The van der Waals surface area contributed by atoms with Gasteiger partial charge in [-0.3, -0.25) is 9.36 Å². The highest BCUT2D eigenvalue weighted by atomic mass is 16.6. The van der Waals surface area contributed by atoms with Crippen molar-refractivity contribution in [2.24, 2.45) is 5.16 Å². The van der Waals surface area contributed by atoms with E-state index in [1.165, 1.54) is 0 Å². The highest BCUT2D eigenvalue weighted by Gasteiger charge is 2.19. The average molecular weight is 314 g/mol. The first-order chi connectivity index (χ1) is 11.0. The lowest BCUT2D eigenvalue weighted by molar-refractivity contribution is 0.159. The van der Waals surface area contributed by atoms with Crippen LogP contribution in [0.15, 0.2) is 46.3 Å². The Hall–Kier alpha value is -2.56. The van der Waals surface area contributed by atoms with Crippen molar-refractivity contribution in [3.8, 4) is 11.4 Å². The van der Waals surface area contributed by atoms with Gasteiger partial charge in [-0.25, -0.2) is 0 Å². The third kappa shape index (κ3) is 3.44. The monoisotopic (exact) mass is 314 g/mol. The largest absolute Gasteiger partial charge is 0.507 e. The molecule has 0 saturated heterocycles. The fraction of sp³-hybridized carbons (Fsp3) is 0.333. The van der Waals surface area contributed by atoms with Gasteiger partial charge in [-0.05, 0) is 31.9 Å². The highest BCUT2D eigenvalue weighted by Crippen LogP contribution is 2.24. The lowest BCUT2D eigenvalue weighted by Crippen LogP contribution is -2.28. The van der Waals surface area contributed by atoms with Crippen molar-refractivity contribution in [1.29, 1.82) is 0 Å². The van der Waals surface area contributed by atoms with Crippen molar-refractivity contribution in [2.75, 3.05) is 6.61 Å². The van der Waals surface area contributed by atoms with Gasteiger partial charge < -0.3 is 9.94 Å². The maximum atomic E-state index is 13.0. The summed E-state index contributed by atoms with van der Waals surface area (Å²) in [6.07, 6.45) is 0. The van der Waals surface area contributed by atoms with E-state index in [0.29, 0.717) is 12.3 Å². The van der Waals surface area contributed by atoms with Gasteiger partial charge >= 0.3 is 0 Å². The van der Waals surface area contributed by atoms with E-state index in [0.717, 1.165) is 11.4 Å². The molecule has 2 aromatic rings. The molecule has 5 nitrogen and oxygen atoms in total. The van der Waals surface area contributed by atoms with Gasteiger partial charge in [0.05, 0.1) is 5.71 Å². The van der Waals surface area contributed by atoms with Crippen LogP contribution in [0, 0.1) is 0 Å². The summed E-state index contributed by atoms with van der Waals surface area (Å²) in [6.45, 7) is 7.81. The fourth-order valence-electron chi connectivity index (χ4n) is 2.43. The Bertz CT molecular complexity index is 762. The van der Waals surface area contributed by atoms with E-state index in [1.807, 2.05) is 44.2 Å². The Labute approximate surface area is 135 Å². The molecule has 1 heterocycles. The van der Waals surface area contributed by atoms with Crippen LogP contribution in [0.25, 0.3) is 5.69 Å². The van der Waals surface area contributed by atoms with Gasteiger partial charge in [0.1, 0.15) is 17.9 Å². The zero-order valence-corrected chi connectivity index (χ0v) is 13.9. The maximum Gasteiger partial charge on any atom is 0.268 e. The van der Waals surface area contributed by atoms with Crippen LogP contribution in [0.3, 0.4) is 0 Å². The quantitative estimate of drug-likeness (QED) is 0.679. The molecule has 0 aliphatic rings. The van der Waals surface area contributed by atoms with E-state index >= 15 is 0 Å². The standard InChI is InChI=1S/C18H22N2O3/c1-5-23-19-13(4)17-16(21)11-15(12(2)3)20(18(17)22)14-9-7-6-8-10-14/h6-12,21H,5H2,1-4H3/b19-13+. The van der Waals surface area contributed by atoms with Gasteiger partial charge in [0.25, 0.3) is 5.56 Å². The van der Waals surface area contributed by atoms with Gasteiger partial charge in [-0.2, -0.15) is 0 Å². The predicted octanol–water partition coefficient (Wildman–Crippen LogP) is 3.43. The number of para-hydroxylation sites is 1. The minimum Gasteiger partial charge on any atom is -0.507 e. The number of nitrogens with zero attached hydrogens (tertiary/aromatic N) is 2. The zero-order chi connectivity index (χ0) is 17.0. The van der Waals surface area contributed by atoms with Crippen molar-refractivity contribution in [3.05, 3.63) is 58.0 Å². The Morgan fingerprint density at radius 2 is 1.96 bits per heavy atom. The third-order valence-corrected chi connectivity index (χ3v) is 3.51. The van der Waals surface area contributed by atoms with Crippen molar-refractivity contribution in [1.82, 2.24) is 4.57 Å². The second kappa shape index (κ2) is 7.13. The van der Waals surface area contributed by atoms with Crippen LogP contribution in [0.4, 0.5) is 0 Å². The van der Waals surface area contributed by atoms with Crippen LogP contribution >= 0.6 is 0 Å². The first-order valence-electron chi connectivity index (χ1n) is 7.68. The van der Waals surface area contributed by atoms with Gasteiger partial charge in [0, 0.05) is 17.4 Å². The molecule has 0 spiro atoms. The minimum atomic E-state index is -0.305. The minimum absolute atomic E-state index is 0.0759. The number of rotatable bonds is 5. The Morgan fingerprint density at radius 3 is 2.52 bits per heavy atom. The number of aromatic hydroxyl groups is 1.